The highest BCUT2D eigenvalue weighted by Gasteiger charge is 2.13. The first-order chi connectivity index (χ1) is 7.74. The number of imidazole rings is 1. The summed E-state index contributed by atoms with van der Waals surface area (Å²) in [6, 6.07) is 5.73. The fourth-order valence-corrected chi connectivity index (χ4v) is 1.73. The molecule has 0 saturated carbocycles. The van der Waals surface area contributed by atoms with Crippen molar-refractivity contribution in [2.75, 3.05) is 7.05 Å². The maximum atomic E-state index is 6.18. The van der Waals surface area contributed by atoms with E-state index in [-0.39, 0.29) is 0 Å². The monoisotopic (exact) mass is 236 g/mol. The lowest BCUT2D eigenvalue weighted by Crippen LogP contribution is -2.05. The molecule has 0 bridgehead atoms. The minimum atomic E-state index is 0.648. The third-order valence-corrected chi connectivity index (χ3v) is 2.80. The fourth-order valence-electron chi connectivity index (χ4n) is 1.54. The normalized spacial score (nSPS) is 10.7. The van der Waals surface area contributed by atoms with E-state index in [1.807, 2.05) is 36.9 Å². The Labute approximate surface area is 99.3 Å². The van der Waals surface area contributed by atoms with Gasteiger partial charge in [0.05, 0.1) is 5.69 Å². The minimum absolute atomic E-state index is 0.648. The van der Waals surface area contributed by atoms with E-state index in [4.69, 9.17) is 11.6 Å². The molecule has 0 spiro atoms. The highest BCUT2D eigenvalue weighted by atomic mass is 35.5. The summed E-state index contributed by atoms with van der Waals surface area (Å²) in [6.07, 6.45) is 1.75. The zero-order chi connectivity index (χ0) is 11.5. The average molecular weight is 237 g/mol. The molecule has 0 fully saturated rings. The molecule has 0 radical (unpaired) electrons. The molecule has 0 aliphatic heterocycles. The molecular weight excluding hydrogens is 224 g/mol. The smallest absolute Gasteiger partial charge is 0.159 e. The second kappa shape index (κ2) is 4.63. The van der Waals surface area contributed by atoms with Gasteiger partial charge in [0.1, 0.15) is 10.8 Å². The van der Waals surface area contributed by atoms with E-state index in [0.29, 0.717) is 11.7 Å². The van der Waals surface area contributed by atoms with Crippen molar-refractivity contribution >= 4 is 11.6 Å². The molecule has 0 aliphatic carbocycles. The summed E-state index contributed by atoms with van der Waals surface area (Å²) >= 11 is 6.18. The van der Waals surface area contributed by atoms with Gasteiger partial charge in [0, 0.05) is 19.8 Å². The van der Waals surface area contributed by atoms with E-state index in [2.05, 4.69) is 15.3 Å². The van der Waals surface area contributed by atoms with Crippen LogP contribution in [0.5, 0.6) is 0 Å². The van der Waals surface area contributed by atoms with E-state index in [1.165, 1.54) is 0 Å². The van der Waals surface area contributed by atoms with Crippen molar-refractivity contribution in [3.05, 3.63) is 35.2 Å². The van der Waals surface area contributed by atoms with Crippen molar-refractivity contribution in [1.82, 2.24) is 19.9 Å². The lowest BCUT2D eigenvalue weighted by molar-refractivity contribution is 0.795. The van der Waals surface area contributed by atoms with Gasteiger partial charge < -0.3 is 9.88 Å². The van der Waals surface area contributed by atoms with Crippen molar-refractivity contribution in [2.24, 2.45) is 7.05 Å². The van der Waals surface area contributed by atoms with Crippen molar-refractivity contribution < 1.29 is 0 Å². The molecule has 2 heterocycles. The molecule has 16 heavy (non-hydrogen) atoms. The Hall–Kier alpha value is -1.39. The van der Waals surface area contributed by atoms with Gasteiger partial charge in [0.2, 0.25) is 0 Å². The standard InChI is InChI=1S/C11H13ClN4/c1-13-7-9-10(12)16(2)11(15-9)8-5-3-4-6-14-8/h3-6,13H,7H2,1-2H3. The molecule has 2 aromatic heterocycles. The number of hydrogen-bond donors (Lipinski definition) is 1. The van der Waals surface area contributed by atoms with Crippen LogP contribution in [0.1, 0.15) is 5.69 Å². The molecule has 1 N–H and O–H groups in total. The first-order valence-corrected chi connectivity index (χ1v) is 5.39. The van der Waals surface area contributed by atoms with Crippen molar-refractivity contribution in [1.29, 1.82) is 0 Å². The SMILES string of the molecule is CNCc1nc(-c2ccccn2)n(C)c1Cl. The van der Waals surface area contributed by atoms with Crippen LogP contribution in [0.15, 0.2) is 24.4 Å². The van der Waals surface area contributed by atoms with E-state index in [1.54, 1.807) is 6.20 Å². The number of halogens is 1. The maximum Gasteiger partial charge on any atom is 0.159 e. The number of pyridine rings is 1. The highest BCUT2D eigenvalue weighted by Crippen LogP contribution is 2.22. The van der Waals surface area contributed by atoms with Crippen molar-refractivity contribution in [2.45, 2.75) is 6.54 Å². The molecule has 0 saturated heterocycles. The lowest BCUT2D eigenvalue weighted by Gasteiger charge is -2.00. The van der Waals surface area contributed by atoms with Gasteiger partial charge in [-0.15, -0.1) is 0 Å². The summed E-state index contributed by atoms with van der Waals surface area (Å²) in [5.74, 6) is 0.788. The van der Waals surface area contributed by atoms with Crippen LogP contribution in [-0.4, -0.2) is 21.6 Å². The average Bonchev–Trinajstić information content (AvgIpc) is 2.59. The highest BCUT2D eigenvalue weighted by molar-refractivity contribution is 6.30. The second-order valence-corrected chi connectivity index (χ2v) is 3.84. The quantitative estimate of drug-likeness (QED) is 0.885. The molecule has 0 aromatic carbocycles. The van der Waals surface area contributed by atoms with Gasteiger partial charge in [-0.1, -0.05) is 17.7 Å². The molecule has 0 amide bonds. The number of aromatic nitrogens is 3. The van der Waals surface area contributed by atoms with Crippen LogP contribution in [0.3, 0.4) is 0 Å². The predicted molar refractivity (Wildman–Crippen MR) is 64.2 cm³/mol. The van der Waals surface area contributed by atoms with Crippen LogP contribution in [0.2, 0.25) is 5.15 Å². The van der Waals surface area contributed by atoms with E-state index < -0.39 is 0 Å². The molecule has 0 unspecified atom stereocenters. The van der Waals surface area contributed by atoms with Gasteiger partial charge in [-0.25, -0.2) is 4.98 Å². The van der Waals surface area contributed by atoms with Crippen LogP contribution >= 0.6 is 11.6 Å². The topological polar surface area (TPSA) is 42.7 Å². The van der Waals surface area contributed by atoms with Crippen LogP contribution < -0.4 is 5.32 Å². The number of nitrogens with zero attached hydrogens (tertiary/aromatic N) is 3. The van der Waals surface area contributed by atoms with Crippen molar-refractivity contribution in [3.63, 3.8) is 0 Å². The Morgan fingerprint density at radius 2 is 2.25 bits per heavy atom. The van der Waals surface area contributed by atoms with Crippen molar-refractivity contribution in [3.8, 4) is 11.5 Å². The summed E-state index contributed by atoms with van der Waals surface area (Å²) in [4.78, 5) is 8.74. The summed E-state index contributed by atoms with van der Waals surface area (Å²) in [5, 5.41) is 3.68. The predicted octanol–water partition coefficient (Wildman–Crippen LogP) is 1.85. The number of rotatable bonds is 3. The number of hydrogen-bond acceptors (Lipinski definition) is 3. The fraction of sp³-hybridized carbons (Fsp3) is 0.273. The lowest BCUT2D eigenvalue weighted by atomic mass is 10.3. The van der Waals surface area contributed by atoms with Crippen LogP contribution in [-0.2, 0) is 13.6 Å². The zero-order valence-electron chi connectivity index (χ0n) is 9.24. The maximum absolute atomic E-state index is 6.18. The van der Waals surface area contributed by atoms with E-state index >= 15 is 0 Å². The Kier molecular flexibility index (Phi) is 3.22. The molecule has 2 rings (SSSR count). The summed E-state index contributed by atoms with van der Waals surface area (Å²) in [7, 11) is 3.75. The second-order valence-electron chi connectivity index (χ2n) is 3.48. The number of nitrogens with one attached hydrogen (secondary N) is 1. The summed E-state index contributed by atoms with van der Waals surface area (Å²) in [5.41, 5.74) is 1.67. The molecule has 2 aromatic rings. The minimum Gasteiger partial charge on any atom is -0.317 e. The van der Waals surface area contributed by atoms with E-state index in [9.17, 15) is 0 Å². The van der Waals surface area contributed by atoms with Gasteiger partial charge >= 0.3 is 0 Å². The van der Waals surface area contributed by atoms with Gasteiger partial charge in [-0.3, -0.25) is 4.98 Å². The Balaban J connectivity index is 2.46. The Morgan fingerprint density at radius 1 is 1.44 bits per heavy atom. The van der Waals surface area contributed by atoms with Gasteiger partial charge in [-0.05, 0) is 19.2 Å². The third-order valence-electron chi connectivity index (χ3n) is 2.33. The zero-order valence-corrected chi connectivity index (χ0v) is 9.99. The molecule has 0 atom stereocenters. The molecular formula is C11H13ClN4. The van der Waals surface area contributed by atoms with E-state index in [0.717, 1.165) is 17.2 Å². The third kappa shape index (κ3) is 1.94. The van der Waals surface area contributed by atoms with Gasteiger partial charge in [0.15, 0.2) is 5.82 Å². The first kappa shape index (κ1) is 11.1. The molecule has 5 heteroatoms. The Morgan fingerprint density at radius 3 is 2.88 bits per heavy atom. The van der Waals surface area contributed by atoms with Crippen LogP contribution in [0.4, 0.5) is 0 Å². The summed E-state index contributed by atoms with van der Waals surface area (Å²) in [6.45, 7) is 0.652. The van der Waals surface area contributed by atoms with Gasteiger partial charge in [-0.2, -0.15) is 0 Å². The van der Waals surface area contributed by atoms with Crippen LogP contribution in [0.25, 0.3) is 11.5 Å². The van der Waals surface area contributed by atoms with Gasteiger partial charge in [0.25, 0.3) is 0 Å². The Bertz CT molecular complexity index is 478. The largest absolute Gasteiger partial charge is 0.317 e. The molecule has 4 nitrogen and oxygen atoms in total. The van der Waals surface area contributed by atoms with Crippen LogP contribution in [0, 0.1) is 0 Å². The summed E-state index contributed by atoms with van der Waals surface area (Å²) < 4.78 is 1.84. The molecule has 0 aliphatic rings. The molecule has 84 valence electrons. The first-order valence-electron chi connectivity index (χ1n) is 5.01.